The predicted octanol–water partition coefficient (Wildman–Crippen LogP) is 4.27. The highest BCUT2D eigenvalue weighted by Gasteiger charge is 2.30. The largest absolute Gasteiger partial charge is 0.573 e. The van der Waals surface area contributed by atoms with E-state index in [-0.39, 0.29) is 11.5 Å². The van der Waals surface area contributed by atoms with Crippen molar-refractivity contribution in [2.45, 2.75) is 13.3 Å². The van der Waals surface area contributed by atoms with Crippen LogP contribution >= 0.6 is 0 Å². The zero-order valence-electron chi connectivity index (χ0n) is 10.0. The highest BCUT2D eigenvalue weighted by atomic mass is 19.4. The summed E-state index contributed by atoms with van der Waals surface area (Å²) in [6.45, 7) is 1.74. The molecule has 2 rings (SSSR count). The number of phenolic OH excluding ortho intramolecular Hbond substituents is 1. The summed E-state index contributed by atoms with van der Waals surface area (Å²) in [5.74, 6) is -0.123. The van der Waals surface area contributed by atoms with Gasteiger partial charge in [0.05, 0.1) is 0 Å². The maximum Gasteiger partial charge on any atom is 0.573 e. The number of hydrogen-bond acceptors (Lipinski definition) is 2. The third kappa shape index (κ3) is 3.19. The Morgan fingerprint density at radius 3 is 2.21 bits per heavy atom. The molecule has 0 unspecified atom stereocenters. The SMILES string of the molecule is Cc1c(O)cccc1-c1ccc(OC(F)(F)F)cc1. The van der Waals surface area contributed by atoms with E-state index in [9.17, 15) is 18.3 Å². The topological polar surface area (TPSA) is 29.5 Å². The van der Waals surface area contributed by atoms with Gasteiger partial charge in [0, 0.05) is 0 Å². The third-order valence-corrected chi connectivity index (χ3v) is 2.70. The standard InChI is InChI=1S/C14H11F3O2/c1-9-12(3-2-4-13(9)18)10-5-7-11(8-6-10)19-14(15,16)17/h2-8,18H,1H3. The number of aromatic hydroxyl groups is 1. The summed E-state index contributed by atoms with van der Waals surface area (Å²) in [6.07, 6.45) is -4.69. The van der Waals surface area contributed by atoms with Gasteiger partial charge in [-0.2, -0.15) is 0 Å². The molecule has 0 amide bonds. The molecule has 19 heavy (non-hydrogen) atoms. The van der Waals surface area contributed by atoms with Gasteiger partial charge in [-0.05, 0) is 41.8 Å². The van der Waals surface area contributed by atoms with Gasteiger partial charge in [0.25, 0.3) is 0 Å². The van der Waals surface area contributed by atoms with Crippen LogP contribution in [0, 0.1) is 6.92 Å². The van der Waals surface area contributed by atoms with Crippen LogP contribution in [-0.4, -0.2) is 11.5 Å². The first-order chi connectivity index (χ1) is 8.87. The van der Waals surface area contributed by atoms with Gasteiger partial charge >= 0.3 is 6.36 Å². The fourth-order valence-corrected chi connectivity index (χ4v) is 1.77. The Balaban J connectivity index is 2.30. The molecule has 0 saturated heterocycles. The lowest BCUT2D eigenvalue weighted by molar-refractivity contribution is -0.274. The van der Waals surface area contributed by atoms with Crippen LogP contribution in [-0.2, 0) is 0 Å². The van der Waals surface area contributed by atoms with E-state index in [1.165, 1.54) is 24.3 Å². The lowest BCUT2D eigenvalue weighted by atomic mass is 10.00. The first-order valence-corrected chi connectivity index (χ1v) is 5.51. The summed E-state index contributed by atoms with van der Waals surface area (Å²) in [4.78, 5) is 0. The highest BCUT2D eigenvalue weighted by Crippen LogP contribution is 2.31. The molecule has 0 atom stereocenters. The summed E-state index contributed by atoms with van der Waals surface area (Å²) >= 11 is 0. The second-order valence-corrected chi connectivity index (χ2v) is 4.02. The number of benzene rings is 2. The van der Waals surface area contributed by atoms with Gasteiger partial charge in [0.15, 0.2) is 0 Å². The lowest BCUT2D eigenvalue weighted by Gasteiger charge is -2.11. The minimum Gasteiger partial charge on any atom is -0.508 e. The molecule has 2 aromatic carbocycles. The molecule has 0 fully saturated rings. The van der Waals surface area contributed by atoms with Gasteiger partial charge in [0.1, 0.15) is 11.5 Å². The molecule has 1 N–H and O–H groups in total. The first kappa shape index (κ1) is 13.3. The molecule has 0 aliphatic heterocycles. The van der Waals surface area contributed by atoms with Crippen molar-refractivity contribution in [2.75, 3.05) is 0 Å². The number of ether oxygens (including phenoxy) is 1. The fourth-order valence-electron chi connectivity index (χ4n) is 1.77. The summed E-state index contributed by atoms with van der Waals surface area (Å²) < 4.78 is 39.9. The molecule has 0 aliphatic carbocycles. The zero-order valence-corrected chi connectivity index (χ0v) is 10.0. The summed E-state index contributed by atoms with van der Waals surface area (Å²) in [5, 5.41) is 9.60. The van der Waals surface area contributed by atoms with Gasteiger partial charge < -0.3 is 9.84 Å². The Hall–Kier alpha value is -2.17. The highest BCUT2D eigenvalue weighted by molar-refractivity contribution is 5.70. The Bertz CT molecular complexity index is 574. The van der Waals surface area contributed by atoms with Crippen LogP contribution in [0.3, 0.4) is 0 Å². The summed E-state index contributed by atoms with van der Waals surface area (Å²) in [6, 6.07) is 10.5. The molecule has 100 valence electrons. The van der Waals surface area contributed by atoms with E-state index in [0.717, 1.165) is 5.56 Å². The zero-order chi connectivity index (χ0) is 14.0. The lowest BCUT2D eigenvalue weighted by Crippen LogP contribution is -2.16. The molecular weight excluding hydrogens is 257 g/mol. The van der Waals surface area contributed by atoms with E-state index in [1.54, 1.807) is 25.1 Å². The van der Waals surface area contributed by atoms with Crippen LogP contribution in [0.25, 0.3) is 11.1 Å². The molecule has 0 heterocycles. The van der Waals surface area contributed by atoms with Crippen LogP contribution < -0.4 is 4.74 Å². The van der Waals surface area contributed by atoms with E-state index in [4.69, 9.17) is 0 Å². The van der Waals surface area contributed by atoms with Crippen LogP contribution in [0.15, 0.2) is 42.5 Å². The minimum absolute atomic E-state index is 0.146. The summed E-state index contributed by atoms with van der Waals surface area (Å²) in [7, 11) is 0. The average Bonchev–Trinajstić information content (AvgIpc) is 2.32. The second kappa shape index (κ2) is 4.84. The smallest absolute Gasteiger partial charge is 0.508 e. The van der Waals surface area contributed by atoms with Crippen LogP contribution in [0.4, 0.5) is 13.2 Å². The van der Waals surface area contributed by atoms with Gasteiger partial charge in [-0.1, -0.05) is 24.3 Å². The maximum atomic E-state index is 12.0. The van der Waals surface area contributed by atoms with E-state index in [0.29, 0.717) is 11.1 Å². The Morgan fingerprint density at radius 2 is 1.63 bits per heavy atom. The predicted molar refractivity (Wildman–Crippen MR) is 65.0 cm³/mol. The number of rotatable bonds is 2. The van der Waals surface area contributed by atoms with Crippen molar-refractivity contribution in [3.05, 3.63) is 48.0 Å². The van der Waals surface area contributed by atoms with Crippen molar-refractivity contribution in [3.8, 4) is 22.6 Å². The molecule has 0 bridgehead atoms. The molecule has 2 nitrogen and oxygen atoms in total. The van der Waals surface area contributed by atoms with Gasteiger partial charge in [-0.25, -0.2) is 0 Å². The van der Waals surface area contributed by atoms with Crippen molar-refractivity contribution >= 4 is 0 Å². The van der Waals surface area contributed by atoms with Crippen molar-refractivity contribution < 1.29 is 23.0 Å². The van der Waals surface area contributed by atoms with Gasteiger partial charge in [0.2, 0.25) is 0 Å². The monoisotopic (exact) mass is 268 g/mol. The molecule has 0 radical (unpaired) electrons. The van der Waals surface area contributed by atoms with Crippen LogP contribution in [0.1, 0.15) is 5.56 Å². The number of alkyl halides is 3. The number of phenols is 1. The van der Waals surface area contributed by atoms with Crippen molar-refractivity contribution in [1.29, 1.82) is 0 Å². The fraction of sp³-hybridized carbons (Fsp3) is 0.143. The quantitative estimate of drug-likeness (QED) is 0.881. The Morgan fingerprint density at radius 1 is 1.00 bits per heavy atom. The Kier molecular flexibility index (Phi) is 3.38. The van der Waals surface area contributed by atoms with Crippen molar-refractivity contribution in [3.63, 3.8) is 0 Å². The van der Waals surface area contributed by atoms with E-state index in [1.807, 2.05) is 0 Å². The van der Waals surface area contributed by atoms with Crippen LogP contribution in [0.2, 0.25) is 0 Å². The minimum atomic E-state index is -4.69. The molecule has 0 aliphatic rings. The molecule has 5 heteroatoms. The van der Waals surface area contributed by atoms with Crippen LogP contribution in [0.5, 0.6) is 11.5 Å². The molecule has 0 saturated carbocycles. The van der Waals surface area contributed by atoms with Crippen molar-refractivity contribution in [1.82, 2.24) is 0 Å². The van der Waals surface area contributed by atoms with Gasteiger partial charge in [-0.15, -0.1) is 13.2 Å². The Labute approximate surface area is 108 Å². The van der Waals surface area contributed by atoms with E-state index in [2.05, 4.69) is 4.74 Å². The average molecular weight is 268 g/mol. The third-order valence-electron chi connectivity index (χ3n) is 2.70. The molecule has 0 aromatic heterocycles. The molecular formula is C14H11F3O2. The first-order valence-electron chi connectivity index (χ1n) is 5.51. The van der Waals surface area contributed by atoms with Crippen molar-refractivity contribution in [2.24, 2.45) is 0 Å². The molecule has 2 aromatic rings. The number of hydrogen-bond donors (Lipinski definition) is 1. The summed E-state index contributed by atoms with van der Waals surface area (Å²) in [5.41, 5.74) is 2.15. The van der Waals surface area contributed by atoms with E-state index < -0.39 is 6.36 Å². The van der Waals surface area contributed by atoms with E-state index >= 15 is 0 Å². The van der Waals surface area contributed by atoms with Gasteiger partial charge in [-0.3, -0.25) is 0 Å². The molecule has 0 spiro atoms. The maximum absolute atomic E-state index is 12.0. The second-order valence-electron chi connectivity index (χ2n) is 4.02. The number of halogens is 3. The normalized spacial score (nSPS) is 11.4.